The van der Waals surface area contributed by atoms with Crippen LogP contribution in [0.15, 0.2) is 91.0 Å². The molecular weight excluding hydrogens is 320 g/mol. The van der Waals surface area contributed by atoms with Gasteiger partial charge in [-0.25, -0.2) is 0 Å². The zero-order valence-electron chi connectivity index (χ0n) is 14.8. The highest BCUT2D eigenvalue weighted by atomic mass is 16.1. The van der Waals surface area contributed by atoms with Crippen LogP contribution in [0.25, 0.3) is 0 Å². The Morgan fingerprint density at radius 3 is 1.46 bits per heavy atom. The maximum absolute atomic E-state index is 10.5. The number of carbonyl (C=O) groups is 1. The zero-order valence-corrected chi connectivity index (χ0v) is 14.8. The van der Waals surface area contributed by atoms with Gasteiger partial charge in [-0.1, -0.05) is 91.0 Å². The average Bonchev–Trinajstić information content (AvgIpc) is 2.73. The summed E-state index contributed by atoms with van der Waals surface area (Å²) in [5, 5.41) is 6.52. The van der Waals surface area contributed by atoms with Gasteiger partial charge >= 0.3 is 0 Å². The second-order valence-corrected chi connectivity index (χ2v) is 6.20. The molecule has 0 saturated heterocycles. The fourth-order valence-corrected chi connectivity index (χ4v) is 3.40. The van der Waals surface area contributed by atoms with Gasteiger partial charge < -0.3 is 5.32 Å². The van der Waals surface area contributed by atoms with Gasteiger partial charge in [0.15, 0.2) is 0 Å². The van der Waals surface area contributed by atoms with E-state index in [1.807, 2.05) is 18.2 Å². The summed E-state index contributed by atoms with van der Waals surface area (Å²) < 4.78 is 0. The standard InChI is InChI=1S/C23H24N2O/c26-19-24-17-10-18-25-23(20-11-4-1-5-12-20,21-13-6-2-7-14-21)22-15-8-3-9-16-22/h1-9,11-16,19,25H,10,17-18H2,(H,24,26). The van der Waals surface area contributed by atoms with Crippen molar-refractivity contribution in [3.8, 4) is 0 Å². The first kappa shape index (κ1) is 17.9. The van der Waals surface area contributed by atoms with Crippen LogP contribution in [0.1, 0.15) is 23.1 Å². The lowest BCUT2D eigenvalue weighted by Crippen LogP contribution is -2.45. The fourth-order valence-electron chi connectivity index (χ4n) is 3.40. The highest BCUT2D eigenvalue weighted by Gasteiger charge is 2.35. The Morgan fingerprint density at radius 1 is 0.654 bits per heavy atom. The van der Waals surface area contributed by atoms with Crippen molar-refractivity contribution >= 4 is 6.41 Å². The lowest BCUT2D eigenvalue weighted by molar-refractivity contribution is -0.109. The number of nitrogens with one attached hydrogen (secondary N) is 2. The molecule has 0 saturated carbocycles. The molecule has 0 atom stereocenters. The predicted octanol–water partition coefficient (Wildman–Crippen LogP) is 3.70. The first-order chi connectivity index (χ1) is 12.9. The minimum absolute atomic E-state index is 0.440. The molecule has 132 valence electrons. The second kappa shape index (κ2) is 8.97. The van der Waals surface area contributed by atoms with E-state index in [-0.39, 0.29) is 0 Å². The van der Waals surface area contributed by atoms with E-state index in [1.54, 1.807) is 0 Å². The summed E-state index contributed by atoms with van der Waals surface area (Å²) in [5.74, 6) is 0. The average molecular weight is 344 g/mol. The van der Waals surface area contributed by atoms with E-state index in [2.05, 4.69) is 83.4 Å². The molecule has 0 spiro atoms. The van der Waals surface area contributed by atoms with E-state index >= 15 is 0 Å². The SMILES string of the molecule is O=CNCCCNC(c1ccccc1)(c1ccccc1)c1ccccc1. The smallest absolute Gasteiger partial charge is 0.207 e. The summed E-state index contributed by atoms with van der Waals surface area (Å²) in [6.07, 6.45) is 1.60. The highest BCUT2D eigenvalue weighted by molar-refractivity contribution is 5.49. The van der Waals surface area contributed by atoms with Gasteiger partial charge in [0.1, 0.15) is 0 Å². The second-order valence-electron chi connectivity index (χ2n) is 6.20. The Bertz CT molecular complexity index is 692. The summed E-state index contributed by atoms with van der Waals surface area (Å²) in [4.78, 5) is 10.5. The minimum Gasteiger partial charge on any atom is -0.359 e. The third-order valence-electron chi connectivity index (χ3n) is 4.59. The first-order valence-corrected chi connectivity index (χ1v) is 8.96. The molecular formula is C23H24N2O. The minimum atomic E-state index is -0.440. The van der Waals surface area contributed by atoms with Gasteiger partial charge in [-0.15, -0.1) is 0 Å². The first-order valence-electron chi connectivity index (χ1n) is 8.96. The van der Waals surface area contributed by atoms with Gasteiger partial charge in [-0.2, -0.15) is 0 Å². The quantitative estimate of drug-likeness (QED) is 0.353. The molecule has 2 N–H and O–H groups in total. The number of benzene rings is 3. The van der Waals surface area contributed by atoms with Crippen LogP contribution in [0.5, 0.6) is 0 Å². The molecule has 0 aliphatic heterocycles. The largest absolute Gasteiger partial charge is 0.359 e. The van der Waals surface area contributed by atoms with E-state index in [1.165, 1.54) is 16.7 Å². The predicted molar refractivity (Wildman–Crippen MR) is 106 cm³/mol. The molecule has 0 heterocycles. The molecule has 3 heteroatoms. The molecule has 1 amide bonds. The van der Waals surface area contributed by atoms with Crippen LogP contribution < -0.4 is 10.6 Å². The van der Waals surface area contributed by atoms with Crippen molar-refractivity contribution in [3.63, 3.8) is 0 Å². The Morgan fingerprint density at radius 2 is 1.08 bits per heavy atom. The summed E-state index contributed by atoms with van der Waals surface area (Å²) in [6.45, 7) is 1.43. The van der Waals surface area contributed by atoms with Crippen molar-refractivity contribution < 1.29 is 4.79 Å². The van der Waals surface area contributed by atoms with Crippen molar-refractivity contribution in [1.82, 2.24) is 10.6 Å². The number of carbonyl (C=O) groups excluding carboxylic acids is 1. The van der Waals surface area contributed by atoms with Gasteiger partial charge in [-0.05, 0) is 29.7 Å². The number of rotatable bonds is 9. The third-order valence-corrected chi connectivity index (χ3v) is 4.59. The van der Waals surface area contributed by atoms with Gasteiger partial charge in [0.05, 0.1) is 5.54 Å². The van der Waals surface area contributed by atoms with E-state index in [9.17, 15) is 4.79 Å². The molecule has 3 aromatic rings. The summed E-state index contributed by atoms with van der Waals surface area (Å²) in [7, 11) is 0. The highest BCUT2D eigenvalue weighted by Crippen LogP contribution is 2.36. The third kappa shape index (κ3) is 3.84. The topological polar surface area (TPSA) is 41.1 Å². The molecule has 0 fully saturated rings. The van der Waals surface area contributed by atoms with Crippen LogP contribution in [-0.4, -0.2) is 19.5 Å². The molecule has 3 aromatic carbocycles. The van der Waals surface area contributed by atoms with Crippen LogP contribution in [0, 0.1) is 0 Å². The van der Waals surface area contributed by atoms with Crippen molar-refractivity contribution in [2.75, 3.05) is 13.1 Å². The van der Waals surface area contributed by atoms with Gasteiger partial charge in [0, 0.05) is 6.54 Å². The molecule has 0 bridgehead atoms. The van der Waals surface area contributed by atoms with Crippen LogP contribution >= 0.6 is 0 Å². The Hall–Kier alpha value is -2.91. The molecule has 3 nitrogen and oxygen atoms in total. The van der Waals surface area contributed by atoms with E-state index in [0.717, 1.165) is 19.4 Å². The molecule has 0 radical (unpaired) electrons. The molecule has 0 aliphatic carbocycles. The van der Waals surface area contributed by atoms with Crippen molar-refractivity contribution in [2.24, 2.45) is 0 Å². The molecule has 26 heavy (non-hydrogen) atoms. The van der Waals surface area contributed by atoms with E-state index < -0.39 is 5.54 Å². The monoisotopic (exact) mass is 344 g/mol. The maximum Gasteiger partial charge on any atom is 0.207 e. The maximum atomic E-state index is 10.5. The van der Waals surface area contributed by atoms with Gasteiger partial charge in [-0.3, -0.25) is 10.1 Å². The van der Waals surface area contributed by atoms with Crippen LogP contribution in [0.2, 0.25) is 0 Å². The Labute approximate surface area is 155 Å². The lowest BCUT2D eigenvalue weighted by Gasteiger charge is -2.37. The molecule has 0 aromatic heterocycles. The summed E-state index contributed by atoms with van der Waals surface area (Å²) >= 11 is 0. The summed E-state index contributed by atoms with van der Waals surface area (Å²) in [6, 6.07) is 31.5. The molecule has 3 rings (SSSR count). The number of hydrogen-bond acceptors (Lipinski definition) is 2. The zero-order chi connectivity index (χ0) is 18.1. The van der Waals surface area contributed by atoms with Crippen molar-refractivity contribution in [2.45, 2.75) is 12.0 Å². The normalized spacial score (nSPS) is 11.1. The fraction of sp³-hybridized carbons (Fsp3) is 0.174. The van der Waals surface area contributed by atoms with Crippen molar-refractivity contribution in [1.29, 1.82) is 0 Å². The summed E-state index contributed by atoms with van der Waals surface area (Å²) in [5.41, 5.74) is 3.15. The van der Waals surface area contributed by atoms with Crippen LogP contribution in [0.3, 0.4) is 0 Å². The lowest BCUT2D eigenvalue weighted by atomic mass is 9.77. The van der Waals surface area contributed by atoms with Crippen LogP contribution in [0.4, 0.5) is 0 Å². The van der Waals surface area contributed by atoms with Gasteiger partial charge in [0.25, 0.3) is 0 Å². The van der Waals surface area contributed by atoms with E-state index in [4.69, 9.17) is 0 Å². The number of hydrogen-bond donors (Lipinski definition) is 2. The van der Waals surface area contributed by atoms with Gasteiger partial charge in [0.2, 0.25) is 6.41 Å². The molecule has 0 aliphatic rings. The Balaban J connectivity index is 2.07. The van der Waals surface area contributed by atoms with E-state index in [0.29, 0.717) is 6.54 Å². The Kier molecular flexibility index (Phi) is 6.18. The molecule has 0 unspecified atom stereocenters. The van der Waals surface area contributed by atoms with Crippen molar-refractivity contribution in [3.05, 3.63) is 108 Å². The van der Waals surface area contributed by atoms with Crippen LogP contribution in [-0.2, 0) is 10.3 Å². The number of amides is 1.